The predicted octanol–water partition coefficient (Wildman–Crippen LogP) is 21.8. The Hall–Kier alpha value is -3.93. The smallest absolute Gasteiger partial charge is 0.306 e. The van der Waals surface area contributed by atoms with Crippen molar-refractivity contribution in [1.82, 2.24) is 0 Å². The molecule has 1 atom stereocenters. The summed E-state index contributed by atoms with van der Waals surface area (Å²) < 4.78 is 16.8. The van der Waals surface area contributed by atoms with Gasteiger partial charge in [-0.1, -0.05) is 265 Å². The summed E-state index contributed by atoms with van der Waals surface area (Å²) >= 11 is 0. The summed E-state index contributed by atoms with van der Waals surface area (Å²) in [6.45, 7) is 6.43. The van der Waals surface area contributed by atoms with Gasteiger partial charge in [-0.05, 0) is 122 Å². The van der Waals surface area contributed by atoms with Gasteiger partial charge in [0, 0.05) is 19.3 Å². The first-order chi connectivity index (χ1) is 37.5. The van der Waals surface area contributed by atoms with Crippen molar-refractivity contribution in [2.24, 2.45) is 0 Å². The minimum absolute atomic E-state index is 0.0947. The Kier molecular flexibility index (Phi) is 60.3. The number of esters is 3. The lowest BCUT2D eigenvalue weighted by Crippen LogP contribution is -2.30. The first-order valence-electron chi connectivity index (χ1n) is 31.9. The minimum Gasteiger partial charge on any atom is -0.462 e. The van der Waals surface area contributed by atoms with E-state index in [2.05, 4.69) is 130 Å². The van der Waals surface area contributed by atoms with Crippen molar-refractivity contribution in [3.63, 3.8) is 0 Å². The normalized spacial score (nSPS) is 12.8. The van der Waals surface area contributed by atoms with Gasteiger partial charge in [0.2, 0.25) is 0 Å². The third-order valence-electron chi connectivity index (χ3n) is 13.5. The van der Waals surface area contributed by atoms with Crippen LogP contribution in [0.2, 0.25) is 0 Å². The lowest BCUT2D eigenvalue weighted by molar-refractivity contribution is -0.167. The Bertz CT molecular complexity index is 1540. The average Bonchev–Trinajstić information content (AvgIpc) is 3.42. The molecule has 6 heteroatoms. The van der Waals surface area contributed by atoms with E-state index >= 15 is 0 Å². The number of ether oxygens (including phenoxy) is 3. The minimum atomic E-state index is -0.801. The van der Waals surface area contributed by atoms with Crippen molar-refractivity contribution in [2.75, 3.05) is 13.2 Å². The molecule has 0 N–H and O–H groups in total. The molecule has 0 saturated carbocycles. The second-order valence-corrected chi connectivity index (χ2v) is 20.9. The molecule has 0 aromatic rings. The second-order valence-electron chi connectivity index (χ2n) is 20.9. The van der Waals surface area contributed by atoms with Crippen LogP contribution in [-0.4, -0.2) is 37.2 Å². The fraction of sp³-hybridized carbons (Fsp3) is 0.700. The van der Waals surface area contributed by atoms with Crippen LogP contribution in [0.5, 0.6) is 0 Å². The molecule has 0 spiro atoms. The third kappa shape index (κ3) is 60.9. The van der Waals surface area contributed by atoms with Crippen LogP contribution in [0.15, 0.2) is 109 Å². The van der Waals surface area contributed by atoms with E-state index in [-0.39, 0.29) is 37.5 Å². The molecule has 0 amide bonds. The van der Waals surface area contributed by atoms with Crippen LogP contribution in [0.25, 0.3) is 0 Å². The molecule has 76 heavy (non-hydrogen) atoms. The van der Waals surface area contributed by atoms with Gasteiger partial charge in [-0.25, -0.2) is 0 Å². The molecule has 0 aromatic heterocycles. The first-order valence-corrected chi connectivity index (χ1v) is 31.9. The van der Waals surface area contributed by atoms with E-state index in [1.54, 1.807) is 0 Å². The maximum absolute atomic E-state index is 12.9. The van der Waals surface area contributed by atoms with Gasteiger partial charge in [0.25, 0.3) is 0 Å². The van der Waals surface area contributed by atoms with Crippen molar-refractivity contribution in [3.05, 3.63) is 109 Å². The summed E-state index contributed by atoms with van der Waals surface area (Å²) in [4.78, 5) is 38.2. The van der Waals surface area contributed by atoms with E-state index in [1.807, 2.05) is 0 Å². The standard InChI is InChI=1S/C70H118O6/c1-4-7-10-13-16-19-22-24-26-28-30-31-32-33-34-35-36-37-38-39-41-42-44-46-48-51-54-57-60-63-69(72)75-66-67(65-74-68(71)62-59-56-53-50-21-18-15-12-9-6-3)76-70(73)64-61-58-55-52-49-47-45-43-40-29-27-25-23-20-17-14-11-8-5-2/h8,11-12,15,17,20,22,24-25,27-28,30,32-33,40,43,47,49,67H,4-7,9-10,13-14,16,18-19,21,23,26,29,31,34-39,41-42,44-46,48,50-66H2,1-3H3/b11-8-,15-12-,20-17-,24-22-,27-25-,30-28-,33-32-,43-40-,49-47-. The molecule has 0 bridgehead atoms. The molecule has 0 radical (unpaired) electrons. The Balaban J connectivity index is 4.25. The molecule has 434 valence electrons. The fourth-order valence-corrected chi connectivity index (χ4v) is 8.71. The van der Waals surface area contributed by atoms with Crippen LogP contribution in [0.1, 0.15) is 297 Å². The molecule has 0 saturated heterocycles. The van der Waals surface area contributed by atoms with Crippen molar-refractivity contribution >= 4 is 17.9 Å². The van der Waals surface area contributed by atoms with Crippen LogP contribution in [0, 0.1) is 0 Å². The largest absolute Gasteiger partial charge is 0.462 e. The predicted molar refractivity (Wildman–Crippen MR) is 330 cm³/mol. The summed E-state index contributed by atoms with van der Waals surface area (Å²) in [6.07, 6.45) is 86.8. The van der Waals surface area contributed by atoms with Crippen LogP contribution in [0.3, 0.4) is 0 Å². The van der Waals surface area contributed by atoms with Gasteiger partial charge in [0.05, 0.1) is 0 Å². The zero-order valence-electron chi connectivity index (χ0n) is 49.7. The van der Waals surface area contributed by atoms with Gasteiger partial charge in [-0.15, -0.1) is 0 Å². The SMILES string of the molecule is CC/C=C\C/C=C\C/C=C\C/C=C\C/C=C\CCCCCC(=O)OC(COC(=O)CCCCCCC/C=C\CCC)COC(=O)CCCCCCCCCCCCCCCC/C=C\C/C=C\C/C=C\CCCCCCC. The van der Waals surface area contributed by atoms with Crippen molar-refractivity contribution in [3.8, 4) is 0 Å². The zero-order chi connectivity index (χ0) is 55.0. The van der Waals surface area contributed by atoms with Crippen LogP contribution < -0.4 is 0 Å². The summed E-state index contributed by atoms with van der Waals surface area (Å²) in [5.74, 6) is -0.935. The highest BCUT2D eigenvalue weighted by molar-refractivity contribution is 5.71. The first kappa shape index (κ1) is 72.1. The lowest BCUT2D eigenvalue weighted by atomic mass is 10.0. The van der Waals surface area contributed by atoms with Crippen molar-refractivity contribution < 1.29 is 28.6 Å². The summed E-state index contributed by atoms with van der Waals surface area (Å²) in [7, 11) is 0. The monoisotopic (exact) mass is 1050 g/mol. The Morgan fingerprint density at radius 2 is 0.539 bits per heavy atom. The van der Waals surface area contributed by atoms with Gasteiger partial charge < -0.3 is 14.2 Å². The highest BCUT2D eigenvalue weighted by Crippen LogP contribution is 2.16. The Morgan fingerprint density at radius 3 is 0.882 bits per heavy atom. The number of hydrogen-bond acceptors (Lipinski definition) is 6. The fourth-order valence-electron chi connectivity index (χ4n) is 8.71. The number of carbonyl (C=O) groups excluding carboxylic acids is 3. The van der Waals surface area contributed by atoms with Gasteiger partial charge in [0.15, 0.2) is 6.10 Å². The van der Waals surface area contributed by atoms with Crippen LogP contribution >= 0.6 is 0 Å². The molecule has 0 aromatic carbocycles. The maximum atomic E-state index is 12.9. The molecule has 0 fully saturated rings. The zero-order valence-corrected chi connectivity index (χ0v) is 49.7. The topological polar surface area (TPSA) is 78.9 Å². The number of allylic oxidation sites excluding steroid dienone is 18. The quantitative estimate of drug-likeness (QED) is 0.0261. The van der Waals surface area contributed by atoms with Gasteiger partial charge in [-0.3, -0.25) is 14.4 Å². The molecule has 0 aliphatic carbocycles. The van der Waals surface area contributed by atoms with Gasteiger partial charge in [0.1, 0.15) is 13.2 Å². The number of unbranched alkanes of at least 4 members (excludes halogenated alkanes) is 28. The van der Waals surface area contributed by atoms with Crippen LogP contribution in [0.4, 0.5) is 0 Å². The maximum Gasteiger partial charge on any atom is 0.306 e. The van der Waals surface area contributed by atoms with Crippen molar-refractivity contribution in [1.29, 1.82) is 0 Å². The number of rotatable bonds is 57. The van der Waals surface area contributed by atoms with Gasteiger partial charge >= 0.3 is 17.9 Å². The number of carbonyl (C=O) groups is 3. The lowest BCUT2D eigenvalue weighted by Gasteiger charge is -2.18. The summed E-state index contributed by atoms with van der Waals surface area (Å²) in [5.41, 5.74) is 0. The van der Waals surface area contributed by atoms with Crippen molar-refractivity contribution in [2.45, 2.75) is 303 Å². The Labute approximate surface area is 470 Å². The van der Waals surface area contributed by atoms with E-state index in [1.165, 1.54) is 128 Å². The molecule has 6 nitrogen and oxygen atoms in total. The highest BCUT2D eigenvalue weighted by atomic mass is 16.6. The molecule has 0 aliphatic rings. The van der Waals surface area contributed by atoms with E-state index in [0.29, 0.717) is 12.8 Å². The summed E-state index contributed by atoms with van der Waals surface area (Å²) in [5, 5.41) is 0. The Morgan fingerprint density at radius 1 is 0.276 bits per heavy atom. The van der Waals surface area contributed by atoms with Crippen LogP contribution in [-0.2, 0) is 28.6 Å². The molecular formula is C70H118O6. The van der Waals surface area contributed by atoms with E-state index in [0.717, 1.165) is 128 Å². The molecule has 0 heterocycles. The number of hydrogen-bond donors (Lipinski definition) is 0. The highest BCUT2D eigenvalue weighted by Gasteiger charge is 2.19. The van der Waals surface area contributed by atoms with E-state index < -0.39 is 6.10 Å². The van der Waals surface area contributed by atoms with E-state index in [4.69, 9.17) is 14.2 Å². The second kappa shape index (κ2) is 63.6. The molecule has 1 unspecified atom stereocenters. The molecular weight excluding hydrogens is 937 g/mol. The third-order valence-corrected chi connectivity index (χ3v) is 13.5. The summed E-state index contributed by atoms with van der Waals surface area (Å²) in [6, 6.07) is 0. The van der Waals surface area contributed by atoms with Gasteiger partial charge in [-0.2, -0.15) is 0 Å². The van der Waals surface area contributed by atoms with E-state index in [9.17, 15) is 14.4 Å². The molecule has 0 rings (SSSR count). The molecule has 0 aliphatic heterocycles. The average molecular weight is 1060 g/mol.